The van der Waals surface area contributed by atoms with Crippen molar-refractivity contribution in [2.45, 2.75) is 32.4 Å². The van der Waals surface area contributed by atoms with Gasteiger partial charge in [0, 0.05) is 23.6 Å². The number of rotatable bonds is 5. The van der Waals surface area contributed by atoms with E-state index in [4.69, 9.17) is 0 Å². The van der Waals surface area contributed by atoms with Crippen LogP contribution in [0.15, 0.2) is 22.7 Å². The molecule has 0 radical (unpaired) electrons. The highest BCUT2D eigenvalue weighted by molar-refractivity contribution is 9.10. The number of hydrogen-bond donors (Lipinski definition) is 1. The number of anilines is 1. The summed E-state index contributed by atoms with van der Waals surface area (Å²) < 4.78 is 24.3. The van der Waals surface area contributed by atoms with E-state index < -0.39 is 9.84 Å². The van der Waals surface area contributed by atoms with E-state index in [1.807, 2.05) is 7.05 Å². The minimum absolute atomic E-state index is 0.0725. The van der Waals surface area contributed by atoms with E-state index in [9.17, 15) is 8.42 Å². The first-order valence-corrected chi connectivity index (χ1v) is 9.91. The average molecular weight is 375 g/mol. The van der Waals surface area contributed by atoms with Gasteiger partial charge in [-0.15, -0.1) is 0 Å². The second kappa shape index (κ2) is 6.67. The molecule has 0 saturated carbocycles. The summed E-state index contributed by atoms with van der Waals surface area (Å²) >= 11 is 3.62. The fourth-order valence-electron chi connectivity index (χ4n) is 2.78. The Kier molecular flexibility index (Phi) is 5.33. The molecule has 1 aromatic carbocycles. The first kappa shape index (κ1) is 16.8. The van der Waals surface area contributed by atoms with Crippen molar-refractivity contribution in [2.24, 2.45) is 0 Å². The van der Waals surface area contributed by atoms with Crippen molar-refractivity contribution < 1.29 is 8.42 Å². The Morgan fingerprint density at radius 3 is 2.71 bits per heavy atom. The van der Waals surface area contributed by atoms with Crippen LogP contribution >= 0.6 is 15.9 Å². The van der Waals surface area contributed by atoms with E-state index in [0.29, 0.717) is 18.2 Å². The number of nitrogens with one attached hydrogen (secondary N) is 1. The summed E-state index contributed by atoms with van der Waals surface area (Å²) in [6, 6.07) is 6.66. The maximum atomic E-state index is 11.6. The molecule has 0 spiro atoms. The van der Waals surface area contributed by atoms with Gasteiger partial charge in [-0.2, -0.15) is 0 Å². The van der Waals surface area contributed by atoms with Crippen molar-refractivity contribution in [1.29, 1.82) is 0 Å². The van der Waals surface area contributed by atoms with Crippen LogP contribution in [0, 0.1) is 0 Å². The van der Waals surface area contributed by atoms with Crippen LogP contribution in [-0.2, 0) is 9.84 Å². The summed E-state index contributed by atoms with van der Waals surface area (Å²) in [5.41, 5.74) is 2.27. The molecule has 118 valence electrons. The molecule has 0 amide bonds. The molecule has 1 heterocycles. The molecule has 0 aromatic heterocycles. The minimum atomic E-state index is -2.86. The number of hydrogen-bond acceptors (Lipinski definition) is 4. The molecule has 2 unspecified atom stereocenters. The Morgan fingerprint density at radius 2 is 2.19 bits per heavy atom. The SMILES string of the molecule is CCNC(C)c1ccc(N(C)C2CCS(=O)(=O)C2)c(Br)c1. The van der Waals surface area contributed by atoms with Crippen molar-refractivity contribution in [3.63, 3.8) is 0 Å². The van der Waals surface area contributed by atoms with E-state index in [2.05, 4.69) is 58.2 Å². The number of sulfone groups is 1. The molecule has 1 fully saturated rings. The van der Waals surface area contributed by atoms with Crippen LogP contribution in [0.1, 0.15) is 31.9 Å². The smallest absolute Gasteiger partial charge is 0.152 e. The third kappa shape index (κ3) is 3.99. The van der Waals surface area contributed by atoms with E-state index in [0.717, 1.165) is 16.7 Å². The van der Waals surface area contributed by atoms with Crippen molar-refractivity contribution in [1.82, 2.24) is 5.32 Å². The van der Waals surface area contributed by atoms with Crippen molar-refractivity contribution >= 4 is 31.5 Å². The van der Waals surface area contributed by atoms with E-state index in [1.165, 1.54) is 5.56 Å². The second-order valence-corrected chi connectivity index (χ2v) is 8.74. The second-order valence-electron chi connectivity index (χ2n) is 5.66. The van der Waals surface area contributed by atoms with Crippen molar-refractivity contribution in [3.05, 3.63) is 28.2 Å². The van der Waals surface area contributed by atoms with Crippen LogP contribution in [0.3, 0.4) is 0 Å². The quantitative estimate of drug-likeness (QED) is 0.860. The van der Waals surface area contributed by atoms with Crippen LogP contribution in [0.4, 0.5) is 5.69 Å². The zero-order valence-electron chi connectivity index (χ0n) is 12.8. The van der Waals surface area contributed by atoms with Crippen LogP contribution in [0.5, 0.6) is 0 Å². The standard InChI is InChI=1S/C15H23BrN2O2S/c1-4-17-11(2)12-5-6-15(14(16)9-12)18(3)13-7-8-21(19,20)10-13/h5-6,9,11,13,17H,4,7-8,10H2,1-3H3. The summed E-state index contributed by atoms with van der Waals surface area (Å²) in [6.45, 7) is 5.16. The molecule has 21 heavy (non-hydrogen) atoms. The van der Waals surface area contributed by atoms with Gasteiger partial charge in [0.2, 0.25) is 0 Å². The zero-order chi connectivity index (χ0) is 15.6. The van der Waals surface area contributed by atoms with Crippen LogP contribution in [0.2, 0.25) is 0 Å². The summed E-state index contributed by atoms with van der Waals surface area (Å²) in [4.78, 5) is 2.08. The lowest BCUT2D eigenvalue weighted by atomic mass is 10.1. The van der Waals surface area contributed by atoms with Gasteiger partial charge in [-0.05, 0) is 53.5 Å². The molecule has 2 atom stereocenters. The Balaban J connectivity index is 2.17. The van der Waals surface area contributed by atoms with Crippen molar-refractivity contribution in [3.8, 4) is 0 Å². The average Bonchev–Trinajstić information content (AvgIpc) is 2.78. The lowest BCUT2D eigenvalue weighted by Crippen LogP contribution is -2.32. The van der Waals surface area contributed by atoms with Crippen LogP contribution in [0.25, 0.3) is 0 Å². The lowest BCUT2D eigenvalue weighted by molar-refractivity contribution is 0.597. The zero-order valence-corrected chi connectivity index (χ0v) is 15.2. The largest absolute Gasteiger partial charge is 0.370 e. The summed E-state index contributed by atoms with van der Waals surface area (Å²) in [7, 11) is -0.886. The normalized spacial score (nSPS) is 22.2. The Bertz CT molecular complexity index is 604. The molecule has 1 saturated heterocycles. The molecular weight excluding hydrogens is 352 g/mol. The molecule has 1 aliphatic heterocycles. The number of benzene rings is 1. The maximum absolute atomic E-state index is 11.6. The highest BCUT2D eigenvalue weighted by Gasteiger charge is 2.31. The Labute approximate surface area is 136 Å². The van der Waals surface area contributed by atoms with Gasteiger partial charge >= 0.3 is 0 Å². The number of halogens is 1. The Hall–Kier alpha value is -0.590. The lowest BCUT2D eigenvalue weighted by Gasteiger charge is -2.27. The predicted molar refractivity (Wildman–Crippen MR) is 91.7 cm³/mol. The summed E-state index contributed by atoms with van der Waals surface area (Å²) in [5.74, 6) is 0.556. The number of nitrogens with zero attached hydrogens (tertiary/aromatic N) is 1. The van der Waals surface area contributed by atoms with Crippen LogP contribution < -0.4 is 10.2 Å². The van der Waals surface area contributed by atoms with Gasteiger partial charge in [-0.25, -0.2) is 8.42 Å². The maximum Gasteiger partial charge on any atom is 0.152 e. The van der Waals surface area contributed by atoms with Crippen LogP contribution in [-0.4, -0.2) is 39.6 Å². The van der Waals surface area contributed by atoms with E-state index >= 15 is 0 Å². The molecule has 6 heteroatoms. The molecule has 0 aliphatic carbocycles. The van der Waals surface area contributed by atoms with Gasteiger partial charge in [0.15, 0.2) is 9.84 Å². The highest BCUT2D eigenvalue weighted by Crippen LogP contribution is 2.32. The van der Waals surface area contributed by atoms with Gasteiger partial charge in [-0.1, -0.05) is 13.0 Å². The summed E-state index contributed by atoms with van der Waals surface area (Å²) in [5, 5.41) is 3.39. The molecule has 0 bridgehead atoms. The molecule has 1 aliphatic rings. The van der Waals surface area contributed by atoms with Gasteiger partial charge in [0.1, 0.15) is 0 Å². The molecule has 1 aromatic rings. The summed E-state index contributed by atoms with van der Waals surface area (Å²) in [6.07, 6.45) is 0.709. The van der Waals surface area contributed by atoms with Gasteiger partial charge in [0.05, 0.1) is 17.2 Å². The molecule has 4 nitrogen and oxygen atoms in total. The monoisotopic (exact) mass is 374 g/mol. The first-order chi connectivity index (χ1) is 9.84. The fourth-order valence-corrected chi connectivity index (χ4v) is 5.23. The third-order valence-electron chi connectivity index (χ3n) is 4.12. The Morgan fingerprint density at radius 1 is 1.48 bits per heavy atom. The minimum Gasteiger partial charge on any atom is -0.370 e. The van der Waals surface area contributed by atoms with Crippen molar-refractivity contribution in [2.75, 3.05) is 30.0 Å². The highest BCUT2D eigenvalue weighted by atomic mass is 79.9. The van der Waals surface area contributed by atoms with Gasteiger partial charge < -0.3 is 10.2 Å². The first-order valence-electron chi connectivity index (χ1n) is 7.30. The fraction of sp³-hybridized carbons (Fsp3) is 0.600. The topological polar surface area (TPSA) is 49.4 Å². The van der Waals surface area contributed by atoms with Gasteiger partial charge in [0.25, 0.3) is 0 Å². The predicted octanol–water partition coefficient (Wildman–Crippen LogP) is 2.74. The molecular formula is C15H23BrN2O2S. The van der Waals surface area contributed by atoms with E-state index in [1.54, 1.807) is 0 Å². The van der Waals surface area contributed by atoms with Gasteiger partial charge in [-0.3, -0.25) is 0 Å². The molecule has 1 N–H and O–H groups in total. The molecule has 2 rings (SSSR count). The third-order valence-corrected chi connectivity index (χ3v) is 6.50. The van der Waals surface area contributed by atoms with E-state index in [-0.39, 0.29) is 11.8 Å².